The van der Waals surface area contributed by atoms with Crippen molar-refractivity contribution in [3.05, 3.63) is 26.8 Å². The van der Waals surface area contributed by atoms with E-state index in [0.717, 1.165) is 22.8 Å². The molecule has 17 heavy (non-hydrogen) atoms. The average molecular weight is 273 g/mol. The van der Waals surface area contributed by atoms with E-state index < -0.39 is 0 Å². The first-order valence-electron chi connectivity index (χ1n) is 4.76. The van der Waals surface area contributed by atoms with Gasteiger partial charge in [-0.1, -0.05) is 11.3 Å². The number of carbonyl (C=O) groups is 1. The van der Waals surface area contributed by atoms with Crippen LogP contribution in [0.5, 0.6) is 0 Å². The Kier molecular flexibility index (Phi) is 3.39. The van der Waals surface area contributed by atoms with E-state index >= 15 is 0 Å². The zero-order valence-electron chi connectivity index (χ0n) is 9.15. The van der Waals surface area contributed by atoms with Gasteiger partial charge in [-0.2, -0.15) is 0 Å². The molecule has 0 saturated heterocycles. The maximum absolute atomic E-state index is 11.6. The quantitative estimate of drug-likeness (QED) is 0.920. The highest BCUT2D eigenvalue weighted by Gasteiger charge is 2.13. The SMILES string of the molecule is Cc1nc(CNC(=O)c2nnc(Cl)s2)oc1C. The molecule has 2 aromatic heterocycles. The van der Waals surface area contributed by atoms with E-state index in [-0.39, 0.29) is 21.9 Å². The van der Waals surface area contributed by atoms with Gasteiger partial charge in [-0.25, -0.2) is 4.98 Å². The van der Waals surface area contributed by atoms with Crippen LogP contribution in [0.4, 0.5) is 0 Å². The second kappa shape index (κ2) is 4.80. The molecule has 0 aromatic carbocycles. The molecule has 0 aliphatic carbocycles. The number of amides is 1. The summed E-state index contributed by atoms with van der Waals surface area (Å²) in [4.78, 5) is 15.7. The molecule has 0 bridgehead atoms. The molecule has 8 heteroatoms. The van der Waals surface area contributed by atoms with Gasteiger partial charge in [0.1, 0.15) is 5.76 Å². The maximum Gasteiger partial charge on any atom is 0.282 e. The molecule has 90 valence electrons. The molecule has 0 spiro atoms. The average Bonchev–Trinajstić information content (AvgIpc) is 2.83. The fourth-order valence-corrected chi connectivity index (χ4v) is 1.89. The molecular weight excluding hydrogens is 264 g/mol. The molecule has 2 heterocycles. The molecule has 0 aliphatic rings. The van der Waals surface area contributed by atoms with Crippen LogP contribution in [0.2, 0.25) is 4.47 Å². The molecule has 6 nitrogen and oxygen atoms in total. The van der Waals surface area contributed by atoms with Gasteiger partial charge >= 0.3 is 0 Å². The van der Waals surface area contributed by atoms with Crippen LogP contribution in [0.3, 0.4) is 0 Å². The topological polar surface area (TPSA) is 80.9 Å². The summed E-state index contributed by atoms with van der Waals surface area (Å²) in [7, 11) is 0. The second-order valence-corrected chi connectivity index (χ2v) is 4.85. The van der Waals surface area contributed by atoms with Crippen LogP contribution < -0.4 is 5.32 Å². The standard InChI is InChI=1S/C9H9ClN4O2S/c1-4-5(2)16-6(12-4)3-11-7(15)8-13-14-9(10)17-8/h3H2,1-2H3,(H,11,15). The van der Waals surface area contributed by atoms with Crippen molar-refractivity contribution in [2.24, 2.45) is 0 Å². The predicted molar refractivity (Wildman–Crippen MR) is 62.1 cm³/mol. The molecule has 0 atom stereocenters. The van der Waals surface area contributed by atoms with Crippen LogP contribution in [0.15, 0.2) is 4.42 Å². The van der Waals surface area contributed by atoms with E-state index in [2.05, 4.69) is 20.5 Å². The van der Waals surface area contributed by atoms with E-state index in [9.17, 15) is 4.79 Å². The zero-order chi connectivity index (χ0) is 12.4. The van der Waals surface area contributed by atoms with E-state index in [1.54, 1.807) is 0 Å². The Labute approximate surface area is 106 Å². The fourth-order valence-electron chi connectivity index (χ4n) is 1.14. The second-order valence-electron chi connectivity index (χ2n) is 3.29. The van der Waals surface area contributed by atoms with Crippen LogP contribution in [0.1, 0.15) is 27.1 Å². The number of nitrogens with zero attached hydrogens (tertiary/aromatic N) is 3. The number of halogens is 1. The van der Waals surface area contributed by atoms with Gasteiger partial charge in [0.25, 0.3) is 5.91 Å². The first-order valence-corrected chi connectivity index (χ1v) is 5.96. The molecule has 1 N–H and O–H groups in total. The summed E-state index contributed by atoms with van der Waals surface area (Å²) in [5.41, 5.74) is 0.813. The smallest absolute Gasteiger partial charge is 0.282 e. The minimum absolute atomic E-state index is 0.213. The Morgan fingerprint density at radius 1 is 1.47 bits per heavy atom. The number of aryl methyl sites for hydroxylation is 2. The summed E-state index contributed by atoms with van der Waals surface area (Å²) in [6.07, 6.45) is 0. The first kappa shape index (κ1) is 12.0. The largest absolute Gasteiger partial charge is 0.444 e. The molecule has 1 amide bonds. The summed E-state index contributed by atoms with van der Waals surface area (Å²) < 4.78 is 5.56. The molecule has 2 aromatic rings. The van der Waals surface area contributed by atoms with Gasteiger partial charge in [0, 0.05) is 0 Å². The van der Waals surface area contributed by atoms with Crippen molar-refractivity contribution in [2.45, 2.75) is 20.4 Å². The van der Waals surface area contributed by atoms with Gasteiger partial charge < -0.3 is 9.73 Å². The Morgan fingerprint density at radius 2 is 2.24 bits per heavy atom. The van der Waals surface area contributed by atoms with Gasteiger partial charge in [-0.05, 0) is 25.4 Å². The first-order chi connectivity index (χ1) is 8.06. The van der Waals surface area contributed by atoms with Crippen molar-refractivity contribution in [3.8, 4) is 0 Å². The van der Waals surface area contributed by atoms with Crippen molar-refractivity contribution < 1.29 is 9.21 Å². The number of oxazole rings is 1. The number of hydrogen-bond acceptors (Lipinski definition) is 6. The van der Waals surface area contributed by atoms with Gasteiger partial charge in [-0.3, -0.25) is 4.79 Å². The monoisotopic (exact) mass is 272 g/mol. The predicted octanol–water partition coefficient (Wildman–Crippen LogP) is 1.73. The normalized spacial score (nSPS) is 10.5. The van der Waals surface area contributed by atoms with Gasteiger partial charge in [0.2, 0.25) is 15.4 Å². The third kappa shape index (κ3) is 2.80. The Morgan fingerprint density at radius 3 is 2.76 bits per heavy atom. The lowest BCUT2D eigenvalue weighted by atomic mass is 10.4. The third-order valence-electron chi connectivity index (χ3n) is 2.07. The summed E-state index contributed by atoms with van der Waals surface area (Å²) in [5.74, 6) is 0.861. The highest BCUT2D eigenvalue weighted by molar-refractivity contribution is 7.17. The fraction of sp³-hybridized carbons (Fsp3) is 0.333. The molecule has 0 saturated carbocycles. The number of rotatable bonds is 3. The van der Waals surface area contributed by atoms with Crippen LogP contribution in [0, 0.1) is 13.8 Å². The Balaban J connectivity index is 1.96. The van der Waals surface area contributed by atoms with Crippen LogP contribution in [0.25, 0.3) is 0 Å². The highest BCUT2D eigenvalue weighted by atomic mass is 35.5. The lowest BCUT2D eigenvalue weighted by Gasteiger charge is -1.97. The van der Waals surface area contributed by atoms with E-state index in [1.807, 2.05) is 13.8 Å². The van der Waals surface area contributed by atoms with Crippen molar-refractivity contribution in [1.29, 1.82) is 0 Å². The molecular formula is C9H9ClN4O2S. The lowest BCUT2D eigenvalue weighted by molar-refractivity contribution is 0.0946. The zero-order valence-corrected chi connectivity index (χ0v) is 10.7. The number of aromatic nitrogens is 3. The summed E-state index contributed by atoms with van der Waals surface area (Å²) >= 11 is 6.60. The molecule has 2 rings (SSSR count). The highest BCUT2D eigenvalue weighted by Crippen LogP contribution is 2.14. The number of carbonyl (C=O) groups excluding carboxylic acids is 1. The lowest BCUT2D eigenvalue weighted by Crippen LogP contribution is -2.22. The maximum atomic E-state index is 11.6. The molecule has 0 unspecified atom stereocenters. The third-order valence-corrected chi connectivity index (χ3v) is 3.09. The van der Waals surface area contributed by atoms with Gasteiger partial charge in [0.15, 0.2) is 0 Å². The Hall–Kier alpha value is -1.47. The van der Waals surface area contributed by atoms with Crippen LogP contribution in [-0.2, 0) is 6.54 Å². The minimum Gasteiger partial charge on any atom is -0.444 e. The van der Waals surface area contributed by atoms with Crippen molar-refractivity contribution in [3.63, 3.8) is 0 Å². The van der Waals surface area contributed by atoms with Gasteiger partial charge in [0.05, 0.1) is 12.2 Å². The van der Waals surface area contributed by atoms with Crippen LogP contribution >= 0.6 is 22.9 Å². The number of hydrogen-bond donors (Lipinski definition) is 1. The summed E-state index contributed by atoms with van der Waals surface area (Å²) in [6, 6.07) is 0. The van der Waals surface area contributed by atoms with Crippen molar-refractivity contribution in [2.75, 3.05) is 0 Å². The van der Waals surface area contributed by atoms with Gasteiger partial charge in [-0.15, -0.1) is 10.2 Å². The van der Waals surface area contributed by atoms with Crippen LogP contribution in [-0.4, -0.2) is 21.1 Å². The number of nitrogens with one attached hydrogen (secondary N) is 1. The minimum atomic E-state index is -0.345. The summed E-state index contributed by atoms with van der Waals surface area (Å²) in [5, 5.41) is 10.0. The molecule has 0 radical (unpaired) electrons. The molecule has 0 aliphatic heterocycles. The van der Waals surface area contributed by atoms with E-state index in [4.69, 9.17) is 16.0 Å². The Bertz CT molecular complexity index is 531. The summed E-state index contributed by atoms with van der Waals surface area (Å²) in [6.45, 7) is 3.87. The molecule has 0 fully saturated rings. The van der Waals surface area contributed by atoms with Crippen molar-refractivity contribution >= 4 is 28.8 Å². The van der Waals surface area contributed by atoms with E-state index in [1.165, 1.54) is 0 Å². The van der Waals surface area contributed by atoms with Crippen molar-refractivity contribution in [1.82, 2.24) is 20.5 Å². The van der Waals surface area contributed by atoms with E-state index in [0.29, 0.717) is 5.89 Å².